The lowest BCUT2D eigenvalue weighted by Crippen LogP contribution is -2.39. The zero-order valence-corrected chi connectivity index (χ0v) is 13.6. The number of nitrogens with one attached hydrogen (secondary N) is 2. The molecule has 1 heterocycles. The van der Waals surface area contributed by atoms with Crippen LogP contribution in [0.5, 0.6) is 0 Å². The molecule has 26 heavy (non-hydrogen) atoms. The Morgan fingerprint density at radius 3 is 2.88 bits per heavy atom. The third kappa shape index (κ3) is 3.96. The van der Waals surface area contributed by atoms with Crippen molar-refractivity contribution in [3.05, 3.63) is 42.2 Å². The normalized spacial score (nSPS) is 19.8. The van der Waals surface area contributed by atoms with Crippen molar-refractivity contribution >= 4 is 11.7 Å². The van der Waals surface area contributed by atoms with Gasteiger partial charge in [0.2, 0.25) is 0 Å². The molecule has 2 atom stereocenters. The number of rotatable bonds is 3. The second-order valence-electron chi connectivity index (χ2n) is 6.09. The van der Waals surface area contributed by atoms with Gasteiger partial charge in [0.05, 0.1) is 41.3 Å². The molecule has 0 spiro atoms. The molecule has 0 unspecified atom stereocenters. The van der Waals surface area contributed by atoms with E-state index >= 15 is 0 Å². The van der Waals surface area contributed by atoms with Gasteiger partial charge in [0.1, 0.15) is 0 Å². The van der Waals surface area contributed by atoms with Gasteiger partial charge in [0, 0.05) is 6.04 Å². The minimum atomic E-state index is -4.44. The maximum absolute atomic E-state index is 12.8. The van der Waals surface area contributed by atoms with Gasteiger partial charge < -0.3 is 10.6 Å². The molecule has 2 N–H and O–H groups in total. The Bertz CT molecular complexity index is 839. The first-order valence-corrected chi connectivity index (χ1v) is 8.06. The van der Waals surface area contributed by atoms with Gasteiger partial charge in [-0.25, -0.2) is 9.48 Å². The van der Waals surface area contributed by atoms with Crippen LogP contribution < -0.4 is 10.6 Å². The van der Waals surface area contributed by atoms with Crippen LogP contribution in [0.15, 0.2) is 36.7 Å². The molecule has 0 bridgehead atoms. The highest BCUT2D eigenvalue weighted by atomic mass is 19.4. The largest absolute Gasteiger partial charge is 0.416 e. The molecule has 0 radical (unpaired) electrons. The lowest BCUT2D eigenvalue weighted by atomic mass is 10.1. The van der Waals surface area contributed by atoms with E-state index in [1.807, 2.05) is 0 Å². The van der Waals surface area contributed by atoms with E-state index in [1.54, 1.807) is 0 Å². The molecule has 1 aliphatic carbocycles. The van der Waals surface area contributed by atoms with Crippen molar-refractivity contribution in [1.29, 1.82) is 5.26 Å². The van der Waals surface area contributed by atoms with Crippen molar-refractivity contribution in [2.45, 2.75) is 31.5 Å². The van der Waals surface area contributed by atoms with Crippen LogP contribution >= 0.6 is 0 Å². The number of aromatic nitrogens is 2. The van der Waals surface area contributed by atoms with E-state index in [0.29, 0.717) is 5.69 Å². The molecule has 1 aliphatic rings. The quantitative estimate of drug-likeness (QED) is 0.872. The maximum Gasteiger partial charge on any atom is 0.416 e. The van der Waals surface area contributed by atoms with Crippen molar-refractivity contribution in [2.75, 3.05) is 5.32 Å². The summed E-state index contributed by atoms with van der Waals surface area (Å²) in [7, 11) is 0. The Hall–Kier alpha value is -3.02. The molecule has 0 aliphatic heterocycles. The fourth-order valence-electron chi connectivity index (χ4n) is 2.98. The Kier molecular flexibility index (Phi) is 4.84. The Balaban J connectivity index is 1.67. The average molecular weight is 363 g/mol. The maximum atomic E-state index is 12.8. The predicted octanol–water partition coefficient (Wildman–Crippen LogP) is 3.70. The van der Waals surface area contributed by atoms with E-state index in [-0.39, 0.29) is 17.6 Å². The molecular formula is C17H16F3N5O. The molecule has 9 heteroatoms. The van der Waals surface area contributed by atoms with Crippen LogP contribution in [0.1, 0.15) is 24.8 Å². The highest BCUT2D eigenvalue weighted by molar-refractivity contribution is 5.89. The number of benzene rings is 1. The molecule has 1 aromatic carbocycles. The molecule has 1 aromatic heterocycles. The fraction of sp³-hybridized carbons (Fsp3) is 0.353. The molecule has 136 valence electrons. The number of carbonyl (C=O) groups is 1. The van der Waals surface area contributed by atoms with Crippen molar-refractivity contribution in [3.8, 4) is 11.8 Å². The Morgan fingerprint density at radius 2 is 2.15 bits per heavy atom. The molecule has 3 rings (SSSR count). The van der Waals surface area contributed by atoms with Crippen LogP contribution in [0.4, 0.5) is 23.7 Å². The first kappa shape index (κ1) is 17.8. The highest BCUT2D eigenvalue weighted by Gasteiger charge is 2.31. The number of halogens is 3. The van der Waals surface area contributed by atoms with Crippen molar-refractivity contribution in [1.82, 2.24) is 15.1 Å². The van der Waals surface area contributed by atoms with Crippen LogP contribution in [-0.2, 0) is 6.18 Å². The lowest BCUT2D eigenvalue weighted by Gasteiger charge is -2.15. The SMILES string of the molecule is N#C[C@H]1CCC[C@@H]1NC(=O)Nc1cnn(-c2cccc(C(F)(F)F)c2)c1. The summed E-state index contributed by atoms with van der Waals surface area (Å²) in [4.78, 5) is 12.0. The first-order valence-electron chi connectivity index (χ1n) is 8.06. The number of carbonyl (C=O) groups excluding carboxylic acids is 1. The van der Waals surface area contributed by atoms with Gasteiger partial charge >= 0.3 is 12.2 Å². The number of anilines is 1. The number of nitriles is 1. The summed E-state index contributed by atoms with van der Waals surface area (Å²) in [5.74, 6) is -0.200. The molecule has 0 saturated heterocycles. The van der Waals surface area contributed by atoms with Crippen molar-refractivity contribution in [3.63, 3.8) is 0 Å². The zero-order valence-electron chi connectivity index (χ0n) is 13.6. The number of amides is 2. The van der Waals surface area contributed by atoms with Crippen LogP contribution in [0.2, 0.25) is 0 Å². The second kappa shape index (κ2) is 7.07. The van der Waals surface area contributed by atoms with Gasteiger partial charge in [0.15, 0.2) is 0 Å². The van der Waals surface area contributed by atoms with Gasteiger partial charge in [-0.05, 0) is 37.5 Å². The van der Waals surface area contributed by atoms with Crippen LogP contribution in [0.3, 0.4) is 0 Å². The summed E-state index contributed by atoms with van der Waals surface area (Å²) in [6.07, 6.45) is 0.713. The lowest BCUT2D eigenvalue weighted by molar-refractivity contribution is -0.137. The van der Waals surface area contributed by atoms with E-state index in [9.17, 15) is 18.0 Å². The number of alkyl halides is 3. The van der Waals surface area contributed by atoms with E-state index in [4.69, 9.17) is 5.26 Å². The van der Waals surface area contributed by atoms with E-state index in [2.05, 4.69) is 21.8 Å². The summed E-state index contributed by atoms with van der Waals surface area (Å²) in [5.41, 5.74) is -0.207. The van der Waals surface area contributed by atoms with Crippen LogP contribution in [0, 0.1) is 17.2 Å². The zero-order chi connectivity index (χ0) is 18.7. The second-order valence-corrected chi connectivity index (χ2v) is 6.09. The third-order valence-electron chi connectivity index (χ3n) is 4.28. The third-order valence-corrected chi connectivity index (χ3v) is 4.28. The smallest absolute Gasteiger partial charge is 0.334 e. The van der Waals surface area contributed by atoms with Crippen molar-refractivity contribution < 1.29 is 18.0 Å². The number of hydrogen-bond donors (Lipinski definition) is 2. The van der Waals surface area contributed by atoms with Gasteiger partial charge in [0.25, 0.3) is 0 Å². The van der Waals surface area contributed by atoms with Gasteiger partial charge in [-0.15, -0.1) is 0 Å². The molecular weight excluding hydrogens is 347 g/mol. The minimum absolute atomic E-state index is 0.196. The van der Waals surface area contributed by atoms with E-state index < -0.39 is 17.8 Å². The van der Waals surface area contributed by atoms with Gasteiger partial charge in [-0.3, -0.25) is 0 Å². The van der Waals surface area contributed by atoms with Gasteiger partial charge in [-0.2, -0.15) is 23.5 Å². The summed E-state index contributed by atoms with van der Waals surface area (Å²) >= 11 is 0. The number of nitrogens with zero attached hydrogens (tertiary/aromatic N) is 3. The molecule has 1 saturated carbocycles. The molecule has 1 fully saturated rings. The topological polar surface area (TPSA) is 82.7 Å². The van der Waals surface area contributed by atoms with Crippen molar-refractivity contribution in [2.24, 2.45) is 5.92 Å². The minimum Gasteiger partial charge on any atom is -0.334 e. The summed E-state index contributed by atoms with van der Waals surface area (Å²) in [6, 6.07) is 6.25. The Labute approximate surface area is 147 Å². The Morgan fingerprint density at radius 1 is 1.35 bits per heavy atom. The first-order chi connectivity index (χ1) is 12.4. The average Bonchev–Trinajstić information content (AvgIpc) is 3.23. The van der Waals surface area contributed by atoms with Crippen LogP contribution in [0.25, 0.3) is 5.69 Å². The predicted molar refractivity (Wildman–Crippen MR) is 87.5 cm³/mol. The highest BCUT2D eigenvalue weighted by Crippen LogP contribution is 2.30. The fourth-order valence-corrected chi connectivity index (χ4v) is 2.98. The summed E-state index contributed by atoms with van der Waals surface area (Å²) in [6.45, 7) is 0. The monoisotopic (exact) mass is 363 g/mol. The van der Waals surface area contributed by atoms with E-state index in [0.717, 1.165) is 31.4 Å². The summed E-state index contributed by atoms with van der Waals surface area (Å²) < 4.78 is 39.6. The summed E-state index contributed by atoms with van der Waals surface area (Å²) in [5, 5.41) is 18.3. The standard InChI is InChI=1S/C17H16F3N5O/c18-17(19,20)12-4-2-5-14(7-12)25-10-13(9-22-25)23-16(26)24-15-6-1-3-11(15)8-21/h2,4-5,7,9-11,15H,1,3,6H2,(H2,23,24,26)/t11-,15+/m1/s1. The number of urea groups is 1. The molecule has 2 amide bonds. The van der Waals surface area contributed by atoms with Crippen LogP contribution in [-0.4, -0.2) is 21.9 Å². The molecule has 2 aromatic rings. The molecule has 6 nitrogen and oxygen atoms in total. The number of hydrogen-bond acceptors (Lipinski definition) is 3. The van der Waals surface area contributed by atoms with Gasteiger partial charge in [-0.1, -0.05) is 6.07 Å². The van der Waals surface area contributed by atoms with E-state index in [1.165, 1.54) is 29.2 Å².